The second kappa shape index (κ2) is 8.77. The van der Waals surface area contributed by atoms with Crippen molar-refractivity contribution < 1.29 is 14.3 Å². The fourth-order valence-corrected chi connectivity index (χ4v) is 1.35. The van der Waals surface area contributed by atoms with Gasteiger partial charge in [0.15, 0.2) is 0 Å². The van der Waals surface area contributed by atoms with Gasteiger partial charge in [0, 0.05) is 12.6 Å². The van der Waals surface area contributed by atoms with E-state index in [2.05, 4.69) is 30.9 Å². The Morgan fingerprint density at radius 1 is 1.24 bits per heavy atom. The third kappa shape index (κ3) is 6.59. The second-order valence-corrected chi connectivity index (χ2v) is 4.36. The van der Waals surface area contributed by atoms with Crippen LogP contribution >= 0.6 is 0 Å². The van der Waals surface area contributed by atoms with E-state index in [9.17, 15) is 4.79 Å². The molecule has 1 aromatic heterocycles. The summed E-state index contributed by atoms with van der Waals surface area (Å²) in [7, 11) is 1.48. The number of hydrogen-bond acceptors (Lipinski definition) is 8. The Labute approximate surface area is 123 Å². The van der Waals surface area contributed by atoms with Crippen molar-refractivity contribution >= 4 is 18.0 Å². The van der Waals surface area contributed by atoms with Gasteiger partial charge in [0.2, 0.25) is 11.9 Å². The number of ether oxygens (including phenoxy) is 2. The lowest BCUT2D eigenvalue weighted by Crippen LogP contribution is -2.26. The molecule has 1 heterocycles. The number of anilines is 2. The van der Waals surface area contributed by atoms with Crippen molar-refractivity contribution in [2.75, 3.05) is 37.4 Å². The summed E-state index contributed by atoms with van der Waals surface area (Å²) in [5, 5.41) is 8.54. The number of nitrogens with zero attached hydrogens (tertiary/aromatic N) is 3. The molecule has 0 aliphatic rings. The zero-order valence-electron chi connectivity index (χ0n) is 12.8. The lowest BCUT2D eigenvalue weighted by molar-refractivity contribution is 0.151. The molecule has 1 rings (SSSR count). The fraction of sp³-hybridized carbons (Fsp3) is 0.667. The molecule has 0 saturated heterocycles. The van der Waals surface area contributed by atoms with Gasteiger partial charge >= 0.3 is 12.1 Å². The second-order valence-electron chi connectivity index (χ2n) is 4.36. The number of aromatic nitrogens is 3. The van der Waals surface area contributed by atoms with Gasteiger partial charge in [-0.15, -0.1) is 0 Å². The van der Waals surface area contributed by atoms with Crippen molar-refractivity contribution in [1.82, 2.24) is 20.3 Å². The van der Waals surface area contributed by atoms with Crippen molar-refractivity contribution in [3.05, 3.63) is 0 Å². The maximum Gasteiger partial charge on any atom is 0.407 e. The van der Waals surface area contributed by atoms with Gasteiger partial charge in [0.1, 0.15) is 6.61 Å². The molecular formula is C12H22N6O3. The highest BCUT2D eigenvalue weighted by molar-refractivity contribution is 5.66. The van der Waals surface area contributed by atoms with Gasteiger partial charge in [-0.25, -0.2) is 4.79 Å². The number of hydrogen-bond donors (Lipinski definition) is 3. The van der Waals surface area contributed by atoms with E-state index in [0.29, 0.717) is 25.0 Å². The lowest BCUT2D eigenvalue weighted by Gasteiger charge is -2.11. The first-order valence-corrected chi connectivity index (χ1v) is 6.76. The molecule has 0 saturated carbocycles. The summed E-state index contributed by atoms with van der Waals surface area (Å²) in [6.07, 6.45) is -0.449. The monoisotopic (exact) mass is 298 g/mol. The smallest absolute Gasteiger partial charge is 0.407 e. The third-order valence-electron chi connectivity index (χ3n) is 2.15. The number of nitrogens with one attached hydrogen (secondary N) is 3. The van der Waals surface area contributed by atoms with Crippen molar-refractivity contribution in [3.8, 4) is 6.01 Å². The third-order valence-corrected chi connectivity index (χ3v) is 2.15. The number of amides is 1. The zero-order valence-corrected chi connectivity index (χ0v) is 12.8. The van der Waals surface area contributed by atoms with Crippen molar-refractivity contribution in [3.63, 3.8) is 0 Å². The summed E-state index contributed by atoms with van der Waals surface area (Å²) in [5.74, 6) is 0.772. The van der Waals surface area contributed by atoms with E-state index in [1.54, 1.807) is 0 Å². The van der Waals surface area contributed by atoms with Gasteiger partial charge in [-0.2, -0.15) is 15.0 Å². The van der Waals surface area contributed by atoms with Gasteiger partial charge in [-0.05, 0) is 20.8 Å². The summed E-state index contributed by atoms with van der Waals surface area (Å²) in [5.41, 5.74) is 0. The fourth-order valence-electron chi connectivity index (χ4n) is 1.35. The predicted octanol–water partition coefficient (Wildman–Crippen LogP) is 0.858. The van der Waals surface area contributed by atoms with Gasteiger partial charge in [-0.3, -0.25) is 0 Å². The first-order valence-electron chi connectivity index (χ1n) is 6.76. The number of carbonyl (C=O) groups excluding carboxylic acids is 1. The number of methoxy groups -OCH3 is 1. The first-order chi connectivity index (χ1) is 10.0. The Morgan fingerprint density at radius 3 is 2.57 bits per heavy atom. The van der Waals surface area contributed by atoms with Crippen molar-refractivity contribution in [1.29, 1.82) is 0 Å². The highest BCUT2D eigenvalue weighted by Crippen LogP contribution is 2.11. The van der Waals surface area contributed by atoms with Crippen LogP contribution in [-0.4, -0.2) is 53.9 Å². The summed E-state index contributed by atoms with van der Waals surface area (Å²) in [6, 6.07) is 0.395. The van der Waals surface area contributed by atoms with E-state index in [0.717, 1.165) is 0 Å². The molecule has 9 nitrogen and oxygen atoms in total. The standard InChI is InChI=1S/C12H22N6O3/c1-5-13-12(19)21-7-6-14-9-16-10(15-8(2)3)18-11(17-9)20-4/h8H,5-7H2,1-4H3,(H,13,19)(H2,14,15,16,17,18). The van der Waals surface area contributed by atoms with Gasteiger partial charge in [0.05, 0.1) is 13.7 Å². The van der Waals surface area contributed by atoms with Crippen LogP contribution in [0.25, 0.3) is 0 Å². The van der Waals surface area contributed by atoms with Crippen LogP contribution in [0.15, 0.2) is 0 Å². The number of alkyl carbamates (subject to hydrolysis) is 1. The van der Waals surface area contributed by atoms with Crippen LogP contribution in [0.2, 0.25) is 0 Å². The molecule has 1 aromatic rings. The summed E-state index contributed by atoms with van der Waals surface area (Å²) in [6.45, 7) is 6.88. The molecule has 3 N–H and O–H groups in total. The van der Waals surface area contributed by atoms with E-state index in [4.69, 9.17) is 9.47 Å². The van der Waals surface area contributed by atoms with E-state index < -0.39 is 6.09 Å². The zero-order chi connectivity index (χ0) is 15.7. The number of rotatable bonds is 8. The summed E-state index contributed by atoms with van der Waals surface area (Å²) in [4.78, 5) is 23.4. The van der Waals surface area contributed by atoms with Crippen LogP contribution in [0.3, 0.4) is 0 Å². The highest BCUT2D eigenvalue weighted by Gasteiger charge is 2.07. The quantitative estimate of drug-likeness (QED) is 0.606. The molecule has 0 unspecified atom stereocenters. The predicted molar refractivity (Wildman–Crippen MR) is 78.7 cm³/mol. The van der Waals surface area contributed by atoms with Gasteiger partial charge < -0.3 is 25.4 Å². The summed E-state index contributed by atoms with van der Waals surface area (Å²) >= 11 is 0. The van der Waals surface area contributed by atoms with E-state index in [1.165, 1.54) is 7.11 Å². The molecule has 118 valence electrons. The molecule has 0 radical (unpaired) electrons. The molecule has 9 heteroatoms. The van der Waals surface area contributed by atoms with Crippen LogP contribution in [0, 0.1) is 0 Å². The molecule has 0 aliphatic carbocycles. The van der Waals surface area contributed by atoms with Crippen LogP contribution in [0.1, 0.15) is 20.8 Å². The molecule has 21 heavy (non-hydrogen) atoms. The van der Waals surface area contributed by atoms with Gasteiger partial charge in [-0.1, -0.05) is 0 Å². The highest BCUT2D eigenvalue weighted by atomic mass is 16.5. The van der Waals surface area contributed by atoms with Crippen LogP contribution in [0.5, 0.6) is 6.01 Å². The van der Waals surface area contributed by atoms with E-state index >= 15 is 0 Å². The molecule has 0 aliphatic heterocycles. The van der Waals surface area contributed by atoms with E-state index in [-0.39, 0.29) is 18.7 Å². The molecule has 0 bridgehead atoms. The van der Waals surface area contributed by atoms with Crippen LogP contribution in [0.4, 0.5) is 16.7 Å². The Hall–Kier alpha value is -2.32. The normalized spacial score (nSPS) is 10.1. The average Bonchev–Trinajstić information content (AvgIpc) is 2.43. The Balaban J connectivity index is 2.51. The SMILES string of the molecule is CCNC(=O)OCCNc1nc(NC(C)C)nc(OC)n1. The minimum Gasteiger partial charge on any atom is -0.467 e. The minimum atomic E-state index is -0.449. The molecule has 0 spiro atoms. The molecule has 0 atom stereocenters. The Bertz CT molecular complexity index is 455. The Kier molecular flexibility index (Phi) is 6.99. The topological polar surface area (TPSA) is 110 Å². The van der Waals surface area contributed by atoms with E-state index in [1.807, 2.05) is 20.8 Å². The molecular weight excluding hydrogens is 276 g/mol. The maximum absolute atomic E-state index is 11.1. The number of carbonyl (C=O) groups is 1. The van der Waals surface area contributed by atoms with Crippen molar-refractivity contribution in [2.24, 2.45) is 0 Å². The Morgan fingerprint density at radius 2 is 1.95 bits per heavy atom. The first kappa shape index (κ1) is 16.7. The molecule has 0 fully saturated rings. The van der Waals surface area contributed by atoms with Gasteiger partial charge in [0.25, 0.3) is 0 Å². The molecule has 1 amide bonds. The largest absolute Gasteiger partial charge is 0.467 e. The minimum absolute atomic E-state index is 0.186. The average molecular weight is 298 g/mol. The lowest BCUT2D eigenvalue weighted by atomic mass is 10.4. The summed E-state index contributed by atoms with van der Waals surface area (Å²) < 4.78 is 9.94. The maximum atomic E-state index is 11.1. The molecule has 0 aromatic carbocycles. The van der Waals surface area contributed by atoms with Crippen LogP contribution < -0.4 is 20.7 Å². The van der Waals surface area contributed by atoms with Crippen molar-refractivity contribution in [2.45, 2.75) is 26.8 Å². The van der Waals surface area contributed by atoms with Crippen LogP contribution in [-0.2, 0) is 4.74 Å².